The maximum absolute atomic E-state index is 13.2. The van der Waals surface area contributed by atoms with Gasteiger partial charge >= 0.3 is 5.97 Å². The summed E-state index contributed by atoms with van der Waals surface area (Å²) >= 11 is 0. The molecule has 2 nitrogen and oxygen atoms in total. The lowest BCUT2D eigenvalue weighted by Crippen LogP contribution is -2.01. The maximum atomic E-state index is 13.2. The fourth-order valence-corrected chi connectivity index (χ4v) is 1.63. The summed E-state index contributed by atoms with van der Waals surface area (Å²) in [5.41, 5.74) is -0.0544. The van der Waals surface area contributed by atoms with Gasteiger partial charge in [-0.05, 0) is 18.1 Å². The summed E-state index contributed by atoms with van der Waals surface area (Å²) in [6.45, 7) is 0. The summed E-state index contributed by atoms with van der Waals surface area (Å²) in [6.07, 6.45) is 0.275. The second-order valence-electron chi connectivity index (χ2n) is 3.57. The van der Waals surface area contributed by atoms with Crippen molar-refractivity contribution in [3.8, 4) is 0 Å². The van der Waals surface area contributed by atoms with Crippen molar-refractivity contribution in [2.75, 3.05) is 0 Å². The van der Waals surface area contributed by atoms with Crippen LogP contribution in [0, 0.1) is 23.4 Å². The van der Waals surface area contributed by atoms with Gasteiger partial charge in [-0.25, -0.2) is 13.2 Å². The fraction of sp³-hybridized carbons (Fsp3) is 0.300. The topological polar surface area (TPSA) is 37.3 Å². The van der Waals surface area contributed by atoms with Crippen molar-refractivity contribution in [3.05, 3.63) is 35.1 Å². The minimum absolute atomic E-state index is 0.0544. The largest absolute Gasteiger partial charge is 0.481 e. The molecule has 15 heavy (non-hydrogen) atoms. The Morgan fingerprint density at radius 2 is 1.80 bits per heavy atom. The molecule has 0 heterocycles. The van der Waals surface area contributed by atoms with Gasteiger partial charge < -0.3 is 5.11 Å². The van der Waals surface area contributed by atoms with Crippen LogP contribution in [0.5, 0.6) is 0 Å². The van der Waals surface area contributed by atoms with Gasteiger partial charge in [-0.3, -0.25) is 4.79 Å². The molecule has 1 aliphatic rings. The summed E-state index contributed by atoms with van der Waals surface area (Å²) in [7, 11) is 0. The molecule has 2 rings (SSSR count). The first-order valence-corrected chi connectivity index (χ1v) is 4.38. The van der Waals surface area contributed by atoms with Gasteiger partial charge in [-0.1, -0.05) is 0 Å². The predicted octanol–water partition coefficient (Wildman–Crippen LogP) is 2.29. The highest BCUT2D eigenvalue weighted by atomic mass is 19.2. The minimum atomic E-state index is -1.26. The summed E-state index contributed by atoms with van der Waals surface area (Å²) in [5, 5.41) is 8.61. The molecule has 0 amide bonds. The monoisotopic (exact) mass is 216 g/mol. The highest BCUT2D eigenvalue weighted by molar-refractivity contribution is 5.75. The molecule has 2 unspecified atom stereocenters. The first-order valence-electron chi connectivity index (χ1n) is 4.38. The zero-order chi connectivity index (χ0) is 11.2. The molecular weight excluding hydrogens is 209 g/mol. The molecule has 1 fully saturated rings. The molecule has 5 heteroatoms. The summed E-state index contributed by atoms with van der Waals surface area (Å²) in [5.74, 6) is -5.54. The van der Waals surface area contributed by atoms with Crippen LogP contribution in [0.1, 0.15) is 17.9 Å². The van der Waals surface area contributed by atoms with Crippen LogP contribution < -0.4 is 0 Å². The highest BCUT2D eigenvalue weighted by Crippen LogP contribution is 2.48. The van der Waals surface area contributed by atoms with Gasteiger partial charge in [0.2, 0.25) is 0 Å². The van der Waals surface area contributed by atoms with E-state index in [-0.39, 0.29) is 12.0 Å². The molecule has 80 valence electrons. The molecule has 0 radical (unpaired) electrons. The number of hydrogen-bond donors (Lipinski definition) is 1. The Kier molecular flexibility index (Phi) is 2.17. The van der Waals surface area contributed by atoms with E-state index in [0.717, 1.165) is 6.07 Å². The lowest BCUT2D eigenvalue weighted by atomic mass is 10.1. The average molecular weight is 216 g/mol. The maximum Gasteiger partial charge on any atom is 0.307 e. The molecule has 1 aromatic rings. The molecule has 2 atom stereocenters. The van der Waals surface area contributed by atoms with Gasteiger partial charge in [0.15, 0.2) is 11.6 Å². The molecule has 0 spiro atoms. The van der Waals surface area contributed by atoms with E-state index in [1.165, 1.54) is 0 Å². The lowest BCUT2D eigenvalue weighted by Gasteiger charge is -2.02. The third-order valence-corrected chi connectivity index (χ3v) is 2.55. The molecule has 1 saturated carbocycles. The van der Waals surface area contributed by atoms with Crippen LogP contribution in [0.3, 0.4) is 0 Å². The Hall–Kier alpha value is -1.52. The fourth-order valence-electron chi connectivity index (χ4n) is 1.63. The van der Waals surface area contributed by atoms with Crippen molar-refractivity contribution >= 4 is 5.97 Å². The SMILES string of the molecule is O=C(O)C1CC1c1cc(F)c(F)cc1F. The number of rotatable bonds is 2. The number of carboxylic acid groups (broad SMARTS) is 1. The summed E-state index contributed by atoms with van der Waals surface area (Å²) < 4.78 is 38.5. The van der Waals surface area contributed by atoms with E-state index in [9.17, 15) is 18.0 Å². The highest BCUT2D eigenvalue weighted by Gasteiger charge is 2.45. The standard InChI is InChI=1S/C10H7F3O2/c11-7-3-9(13)8(12)2-5(7)4-1-6(4)10(14)15/h2-4,6H,1H2,(H,14,15). The second kappa shape index (κ2) is 3.25. The molecule has 0 saturated heterocycles. The first kappa shape index (κ1) is 10.0. The van der Waals surface area contributed by atoms with E-state index in [0.29, 0.717) is 6.07 Å². The van der Waals surface area contributed by atoms with Crippen LogP contribution in [0.15, 0.2) is 12.1 Å². The van der Waals surface area contributed by atoms with Gasteiger partial charge in [-0.15, -0.1) is 0 Å². The zero-order valence-electron chi connectivity index (χ0n) is 7.51. The van der Waals surface area contributed by atoms with E-state index in [2.05, 4.69) is 0 Å². The molecule has 1 N–H and O–H groups in total. The third-order valence-electron chi connectivity index (χ3n) is 2.55. The summed E-state index contributed by atoms with van der Waals surface area (Å²) in [4.78, 5) is 10.5. The minimum Gasteiger partial charge on any atom is -0.481 e. The van der Waals surface area contributed by atoms with Crippen molar-refractivity contribution in [2.45, 2.75) is 12.3 Å². The van der Waals surface area contributed by atoms with Crippen LogP contribution >= 0.6 is 0 Å². The number of benzene rings is 1. The van der Waals surface area contributed by atoms with Crippen LogP contribution in [-0.4, -0.2) is 11.1 Å². The number of halogens is 3. The Morgan fingerprint density at radius 3 is 2.33 bits per heavy atom. The quantitative estimate of drug-likeness (QED) is 0.770. The predicted molar refractivity (Wildman–Crippen MR) is 44.8 cm³/mol. The number of carboxylic acids is 1. The Labute approximate surface area is 83.3 Å². The lowest BCUT2D eigenvalue weighted by molar-refractivity contribution is -0.138. The average Bonchev–Trinajstić information content (AvgIpc) is 2.90. The number of aliphatic carboxylic acids is 1. The third kappa shape index (κ3) is 1.69. The van der Waals surface area contributed by atoms with Crippen molar-refractivity contribution in [2.24, 2.45) is 5.92 Å². The van der Waals surface area contributed by atoms with Crippen molar-refractivity contribution < 1.29 is 23.1 Å². The van der Waals surface area contributed by atoms with Crippen molar-refractivity contribution in [1.82, 2.24) is 0 Å². The van der Waals surface area contributed by atoms with Crippen LogP contribution in [0.25, 0.3) is 0 Å². The van der Waals surface area contributed by atoms with Crippen molar-refractivity contribution in [3.63, 3.8) is 0 Å². The molecule has 0 aliphatic heterocycles. The van der Waals surface area contributed by atoms with E-state index < -0.39 is 35.3 Å². The van der Waals surface area contributed by atoms with Crippen LogP contribution in [0.4, 0.5) is 13.2 Å². The Bertz CT molecular complexity index is 431. The zero-order valence-corrected chi connectivity index (χ0v) is 7.51. The smallest absolute Gasteiger partial charge is 0.307 e. The van der Waals surface area contributed by atoms with Gasteiger partial charge in [-0.2, -0.15) is 0 Å². The van der Waals surface area contributed by atoms with E-state index in [1.807, 2.05) is 0 Å². The normalized spacial score (nSPS) is 23.9. The summed E-state index contributed by atoms with van der Waals surface area (Å²) in [6, 6.07) is 1.18. The van der Waals surface area contributed by atoms with Crippen LogP contribution in [-0.2, 0) is 4.79 Å². The van der Waals surface area contributed by atoms with Gasteiger partial charge in [0.25, 0.3) is 0 Å². The second-order valence-corrected chi connectivity index (χ2v) is 3.57. The number of hydrogen-bond acceptors (Lipinski definition) is 1. The van der Waals surface area contributed by atoms with Gasteiger partial charge in [0.1, 0.15) is 5.82 Å². The van der Waals surface area contributed by atoms with Crippen molar-refractivity contribution in [1.29, 1.82) is 0 Å². The van der Waals surface area contributed by atoms with E-state index in [4.69, 9.17) is 5.11 Å². The molecular formula is C10H7F3O2. The molecule has 0 aromatic heterocycles. The molecule has 1 aliphatic carbocycles. The number of carbonyl (C=O) groups is 1. The Balaban J connectivity index is 2.31. The van der Waals surface area contributed by atoms with E-state index >= 15 is 0 Å². The molecule has 1 aromatic carbocycles. The van der Waals surface area contributed by atoms with E-state index in [1.54, 1.807) is 0 Å². The van der Waals surface area contributed by atoms with Crippen LogP contribution in [0.2, 0.25) is 0 Å². The first-order chi connectivity index (χ1) is 7.00. The molecule has 0 bridgehead atoms. The van der Waals surface area contributed by atoms with Gasteiger partial charge in [0, 0.05) is 12.0 Å². The Morgan fingerprint density at radius 1 is 1.20 bits per heavy atom. The van der Waals surface area contributed by atoms with Gasteiger partial charge in [0.05, 0.1) is 5.92 Å².